The van der Waals surface area contributed by atoms with Crippen molar-refractivity contribution in [1.82, 2.24) is 10.6 Å². The van der Waals surface area contributed by atoms with E-state index in [1.807, 2.05) is 6.26 Å². The van der Waals surface area contributed by atoms with Crippen molar-refractivity contribution >= 4 is 35.4 Å². The Hall–Kier alpha value is -0.880. The van der Waals surface area contributed by atoms with Gasteiger partial charge in [-0.25, -0.2) is 9.59 Å². The molecule has 2 amide bonds. The smallest absolute Gasteiger partial charge is 0.326 e. The first kappa shape index (κ1) is 15.1. The first-order valence-corrected chi connectivity index (χ1v) is 6.34. The zero-order valence-electron chi connectivity index (χ0n) is 8.96. The number of halogens is 1. The average Bonchev–Trinajstić information content (AvgIpc) is 2.20. The molecule has 16 heavy (non-hydrogen) atoms. The molecule has 0 aliphatic heterocycles. The molecule has 0 rings (SSSR count). The van der Waals surface area contributed by atoms with Crippen LogP contribution in [0, 0.1) is 0 Å². The predicted octanol–water partition coefficient (Wildman–Crippen LogP) is 1.24. The highest BCUT2D eigenvalue weighted by molar-refractivity contribution is 7.98. The summed E-state index contributed by atoms with van der Waals surface area (Å²) >= 11 is 6.97. The van der Waals surface area contributed by atoms with Gasteiger partial charge in [0, 0.05) is 5.03 Å². The van der Waals surface area contributed by atoms with E-state index >= 15 is 0 Å². The summed E-state index contributed by atoms with van der Waals surface area (Å²) in [6.07, 6.45) is 2.25. The van der Waals surface area contributed by atoms with E-state index in [0.717, 1.165) is 0 Å². The van der Waals surface area contributed by atoms with Crippen molar-refractivity contribution in [2.24, 2.45) is 0 Å². The van der Waals surface area contributed by atoms with Crippen LogP contribution in [0.25, 0.3) is 0 Å². The fourth-order valence-electron chi connectivity index (χ4n) is 0.879. The fourth-order valence-corrected chi connectivity index (χ4v) is 1.42. The molecule has 5 nitrogen and oxygen atoms in total. The van der Waals surface area contributed by atoms with Crippen LogP contribution in [0.2, 0.25) is 0 Å². The number of thioether (sulfide) groups is 1. The number of urea groups is 1. The summed E-state index contributed by atoms with van der Waals surface area (Å²) in [5.74, 6) is -0.381. The Bertz CT molecular complexity index is 273. The molecular formula is C9H15ClN2O3S. The van der Waals surface area contributed by atoms with E-state index in [9.17, 15) is 9.59 Å². The third-order valence-electron chi connectivity index (χ3n) is 1.65. The van der Waals surface area contributed by atoms with Crippen LogP contribution < -0.4 is 10.6 Å². The largest absolute Gasteiger partial charge is 0.480 e. The maximum atomic E-state index is 11.2. The van der Waals surface area contributed by atoms with Crippen LogP contribution >= 0.6 is 23.4 Å². The molecule has 7 heteroatoms. The summed E-state index contributed by atoms with van der Waals surface area (Å²) < 4.78 is 0. The van der Waals surface area contributed by atoms with Crippen LogP contribution in [0.5, 0.6) is 0 Å². The molecule has 1 atom stereocenters. The normalized spacial score (nSPS) is 11.6. The SMILES string of the molecule is C=C(Cl)CNC(=O)NC(CCSC)C(=O)O. The Kier molecular flexibility index (Phi) is 7.84. The summed E-state index contributed by atoms with van der Waals surface area (Å²) in [7, 11) is 0. The van der Waals surface area contributed by atoms with E-state index in [4.69, 9.17) is 16.7 Å². The highest BCUT2D eigenvalue weighted by Crippen LogP contribution is 2.01. The molecule has 92 valence electrons. The predicted molar refractivity (Wildman–Crippen MR) is 66.0 cm³/mol. The van der Waals surface area contributed by atoms with Gasteiger partial charge < -0.3 is 15.7 Å². The lowest BCUT2D eigenvalue weighted by Gasteiger charge is -2.14. The summed E-state index contributed by atoms with van der Waals surface area (Å²) in [5, 5.41) is 13.9. The van der Waals surface area contributed by atoms with Gasteiger partial charge in [0.25, 0.3) is 0 Å². The van der Waals surface area contributed by atoms with Gasteiger partial charge in [-0.15, -0.1) is 0 Å². The molecule has 0 heterocycles. The first-order chi connectivity index (χ1) is 7.47. The lowest BCUT2D eigenvalue weighted by atomic mass is 10.2. The van der Waals surface area contributed by atoms with Gasteiger partial charge in [0.15, 0.2) is 0 Å². The number of nitrogens with one attached hydrogen (secondary N) is 2. The van der Waals surface area contributed by atoms with Gasteiger partial charge >= 0.3 is 12.0 Å². The fraction of sp³-hybridized carbons (Fsp3) is 0.556. The van der Waals surface area contributed by atoms with Gasteiger partial charge in [0.05, 0.1) is 6.54 Å². The van der Waals surface area contributed by atoms with Crippen molar-refractivity contribution in [1.29, 1.82) is 0 Å². The Labute approximate surface area is 104 Å². The number of hydrogen-bond donors (Lipinski definition) is 3. The molecular weight excluding hydrogens is 252 g/mol. The van der Waals surface area contributed by atoms with Crippen LogP contribution in [-0.4, -0.2) is 41.7 Å². The standard InChI is InChI=1S/C9H15ClN2O3S/c1-6(10)5-11-9(15)12-7(8(13)14)3-4-16-2/h7H,1,3-5H2,2H3,(H,13,14)(H2,11,12,15). The van der Waals surface area contributed by atoms with Crippen molar-refractivity contribution in [3.05, 3.63) is 11.6 Å². The molecule has 0 spiro atoms. The zero-order chi connectivity index (χ0) is 12.6. The van der Waals surface area contributed by atoms with E-state index in [1.54, 1.807) is 0 Å². The molecule has 1 unspecified atom stereocenters. The summed E-state index contributed by atoms with van der Waals surface area (Å²) in [4.78, 5) is 22.0. The maximum absolute atomic E-state index is 11.2. The molecule has 0 saturated carbocycles. The molecule has 0 aliphatic carbocycles. The molecule has 0 saturated heterocycles. The molecule has 0 aromatic rings. The Balaban J connectivity index is 4.02. The number of carboxylic acid groups (broad SMARTS) is 1. The van der Waals surface area contributed by atoms with Crippen LogP contribution in [0.3, 0.4) is 0 Å². The number of carbonyl (C=O) groups is 2. The van der Waals surface area contributed by atoms with Crippen molar-refractivity contribution in [2.75, 3.05) is 18.6 Å². The number of carboxylic acids is 1. The monoisotopic (exact) mass is 266 g/mol. The van der Waals surface area contributed by atoms with E-state index in [2.05, 4.69) is 17.2 Å². The minimum Gasteiger partial charge on any atom is -0.480 e. The molecule has 0 bridgehead atoms. The molecule has 0 aliphatic rings. The number of amides is 2. The van der Waals surface area contributed by atoms with Crippen molar-refractivity contribution in [2.45, 2.75) is 12.5 Å². The third kappa shape index (κ3) is 7.42. The second kappa shape index (κ2) is 8.29. The highest BCUT2D eigenvalue weighted by Gasteiger charge is 2.18. The van der Waals surface area contributed by atoms with Crippen molar-refractivity contribution in [3.8, 4) is 0 Å². The van der Waals surface area contributed by atoms with Gasteiger partial charge in [-0.2, -0.15) is 11.8 Å². The summed E-state index contributed by atoms with van der Waals surface area (Å²) in [6.45, 7) is 3.51. The number of carbonyl (C=O) groups excluding carboxylic acids is 1. The highest BCUT2D eigenvalue weighted by atomic mass is 35.5. The Morgan fingerprint density at radius 1 is 1.56 bits per heavy atom. The lowest BCUT2D eigenvalue weighted by Crippen LogP contribution is -2.46. The number of aliphatic carboxylic acids is 1. The van der Waals surface area contributed by atoms with E-state index < -0.39 is 18.0 Å². The van der Waals surface area contributed by atoms with E-state index in [0.29, 0.717) is 12.2 Å². The second-order valence-electron chi connectivity index (χ2n) is 3.02. The minimum atomic E-state index is -1.05. The molecule has 0 aromatic carbocycles. The molecule has 0 fully saturated rings. The van der Waals surface area contributed by atoms with Crippen LogP contribution in [0.4, 0.5) is 4.79 Å². The van der Waals surface area contributed by atoms with E-state index in [1.165, 1.54) is 11.8 Å². The Morgan fingerprint density at radius 2 is 2.19 bits per heavy atom. The number of hydrogen-bond acceptors (Lipinski definition) is 3. The minimum absolute atomic E-state index is 0.113. The molecule has 0 aromatic heterocycles. The van der Waals surface area contributed by atoms with Crippen LogP contribution in [0.1, 0.15) is 6.42 Å². The summed E-state index contributed by atoms with van der Waals surface area (Å²) in [6, 6.07) is -1.44. The molecule has 0 radical (unpaired) electrons. The summed E-state index contributed by atoms with van der Waals surface area (Å²) in [5.41, 5.74) is 0. The Morgan fingerprint density at radius 3 is 2.62 bits per heavy atom. The third-order valence-corrected chi connectivity index (χ3v) is 2.43. The van der Waals surface area contributed by atoms with Gasteiger partial charge in [-0.1, -0.05) is 18.2 Å². The molecule has 3 N–H and O–H groups in total. The first-order valence-electron chi connectivity index (χ1n) is 4.56. The van der Waals surface area contributed by atoms with Crippen LogP contribution in [0.15, 0.2) is 11.6 Å². The van der Waals surface area contributed by atoms with Crippen LogP contribution in [-0.2, 0) is 4.79 Å². The number of rotatable bonds is 7. The maximum Gasteiger partial charge on any atom is 0.326 e. The lowest BCUT2D eigenvalue weighted by molar-refractivity contribution is -0.139. The van der Waals surface area contributed by atoms with Crippen molar-refractivity contribution in [3.63, 3.8) is 0 Å². The van der Waals surface area contributed by atoms with Gasteiger partial charge in [-0.05, 0) is 18.4 Å². The topological polar surface area (TPSA) is 78.4 Å². The van der Waals surface area contributed by atoms with Gasteiger partial charge in [0.1, 0.15) is 6.04 Å². The quantitative estimate of drug-likeness (QED) is 0.648. The van der Waals surface area contributed by atoms with Gasteiger partial charge in [0.2, 0.25) is 0 Å². The second-order valence-corrected chi connectivity index (χ2v) is 4.54. The zero-order valence-corrected chi connectivity index (χ0v) is 10.5. The van der Waals surface area contributed by atoms with Gasteiger partial charge in [-0.3, -0.25) is 0 Å². The average molecular weight is 267 g/mol. The van der Waals surface area contributed by atoms with E-state index in [-0.39, 0.29) is 11.6 Å². The van der Waals surface area contributed by atoms with Crippen molar-refractivity contribution < 1.29 is 14.7 Å².